The molecule has 1 aliphatic rings. The van der Waals surface area contributed by atoms with Crippen molar-refractivity contribution in [2.24, 2.45) is 5.92 Å². The molecule has 0 spiro atoms. The van der Waals surface area contributed by atoms with E-state index < -0.39 is 5.82 Å². The average molecular weight is 279 g/mol. The van der Waals surface area contributed by atoms with Crippen molar-refractivity contribution in [3.8, 4) is 0 Å². The van der Waals surface area contributed by atoms with Crippen molar-refractivity contribution < 1.29 is 9.18 Å². The van der Waals surface area contributed by atoms with Crippen LogP contribution in [0.1, 0.15) is 12.8 Å². The van der Waals surface area contributed by atoms with Gasteiger partial charge in [-0.2, -0.15) is 0 Å². The van der Waals surface area contributed by atoms with Gasteiger partial charge in [0.15, 0.2) is 0 Å². The smallest absolute Gasteiger partial charge is 0.238 e. The highest BCUT2D eigenvalue weighted by Gasteiger charge is 2.16. The number of anilines is 1. The molecule has 0 radical (unpaired) electrons. The van der Waals surface area contributed by atoms with Gasteiger partial charge in [0.1, 0.15) is 5.82 Å². The predicted molar refractivity (Wildman–Crippen MR) is 78.1 cm³/mol. The lowest BCUT2D eigenvalue weighted by Gasteiger charge is -2.27. The number of hydrogen-bond acceptors (Lipinski definition) is 3. The van der Waals surface area contributed by atoms with Crippen LogP contribution in [0.3, 0.4) is 0 Å². The Morgan fingerprint density at radius 3 is 2.80 bits per heavy atom. The standard InChI is InChI=1S/C15H22FN3O/c1-19(10-12-6-8-17-9-7-12)11-15(20)18-14-5-3-2-4-13(14)16/h2-5,12,17H,6-11H2,1H3,(H,18,20). The van der Waals surface area contributed by atoms with Crippen LogP contribution in [-0.2, 0) is 4.79 Å². The van der Waals surface area contributed by atoms with Gasteiger partial charge in [-0.3, -0.25) is 9.69 Å². The van der Waals surface area contributed by atoms with Gasteiger partial charge in [-0.25, -0.2) is 4.39 Å². The summed E-state index contributed by atoms with van der Waals surface area (Å²) in [5, 5.41) is 5.94. The highest BCUT2D eigenvalue weighted by Crippen LogP contribution is 2.14. The highest BCUT2D eigenvalue weighted by molar-refractivity contribution is 5.92. The zero-order chi connectivity index (χ0) is 14.4. The molecule has 5 heteroatoms. The lowest BCUT2D eigenvalue weighted by Crippen LogP contribution is -2.37. The molecule has 2 rings (SSSR count). The topological polar surface area (TPSA) is 44.4 Å². The number of likely N-dealkylation sites (N-methyl/N-ethyl adjacent to an activating group) is 1. The molecular weight excluding hydrogens is 257 g/mol. The van der Waals surface area contributed by atoms with Gasteiger partial charge in [-0.1, -0.05) is 12.1 Å². The zero-order valence-electron chi connectivity index (χ0n) is 11.9. The molecule has 1 saturated heterocycles. The molecule has 0 aromatic heterocycles. The van der Waals surface area contributed by atoms with E-state index in [1.54, 1.807) is 18.2 Å². The Labute approximate surface area is 119 Å². The number of hydrogen-bond donors (Lipinski definition) is 2. The molecule has 2 N–H and O–H groups in total. The third kappa shape index (κ3) is 4.58. The van der Waals surface area contributed by atoms with Crippen molar-refractivity contribution in [2.75, 3.05) is 38.5 Å². The summed E-state index contributed by atoms with van der Waals surface area (Å²) >= 11 is 0. The van der Waals surface area contributed by atoms with Crippen LogP contribution in [0, 0.1) is 11.7 Å². The number of para-hydroxylation sites is 1. The number of benzene rings is 1. The van der Waals surface area contributed by atoms with Gasteiger partial charge < -0.3 is 10.6 Å². The number of carbonyl (C=O) groups excluding carboxylic acids is 1. The SMILES string of the molecule is CN(CC(=O)Nc1ccccc1F)CC1CCNCC1. The Hall–Kier alpha value is -1.46. The van der Waals surface area contributed by atoms with Gasteiger partial charge in [0, 0.05) is 6.54 Å². The van der Waals surface area contributed by atoms with Crippen molar-refractivity contribution >= 4 is 11.6 Å². The average Bonchev–Trinajstić information content (AvgIpc) is 2.42. The summed E-state index contributed by atoms with van der Waals surface area (Å²) in [6.45, 7) is 3.31. The van der Waals surface area contributed by atoms with E-state index in [1.165, 1.54) is 6.07 Å². The predicted octanol–water partition coefficient (Wildman–Crippen LogP) is 1.70. The summed E-state index contributed by atoms with van der Waals surface area (Å²) in [7, 11) is 1.93. The molecule has 0 unspecified atom stereocenters. The summed E-state index contributed by atoms with van der Waals surface area (Å²) < 4.78 is 13.4. The maximum Gasteiger partial charge on any atom is 0.238 e. The van der Waals surface area contributed by atoms with Crippen LogP contribution in [0.4, 0.5) is 10.1 Å². The Kier molecular flexibility index (Phi) is 5.49. The third-order valence-corrected chi connectivity index (χ3v) is 3.59. The molecule has 0 saturated carbocycles. The van der Waals surface area contributed by atoms with Gasteiger partial charge in [0.25, 0.3) is 0 Å². The maximum atomic E-state index is 13.4. The molecule has 20 heavy (non-hydrogen) atoms. The first-order valence-corrected chi connectivity index (χ1v) is 7.09. The summed E-state index contributed by atoms with van der Waals surface area (Å²) in [6.07, 6.45) is 2.30. The molecule has 110 valence electrons. The second-order valence-electron chi connectivity index (χ2n) is 5.42. The first-order chi connectivity index (χ1) is 9.65. The van der Waals surface area contributed by atoms with E-state index in [9.17, 15) is 9.18 Å². The maximum absolute atomic E-state index is 13.4. The van der Waals surface area contributed by atoms with E-state index in [1.807, 2.05) is 11.9 Å². The molecule has 1 fully saturated rings. The number of piperidine rings is 1. The molecule has 1 amide bonds. The number of carbonyl (C=O) groups is 1. The fourth-order valence-electron chi connectivity index (χ4n) is 2.57. The summed E-state index contributed by atoms with van der Waals surface area (Å²) in [5.41, 5.74) is 0.243. The summed E-state index contributed by atoms with van der Waals surface area (Å²) in [6, 6.07) is 6.22. The summed E-state index contributed by atoms with van der Waals surface area (Å²) in [4.78, 5) is 13.9. The minimum atomic E-state index is -0.401. The quantitative estimate of drug-likeness (QED) is 0.862. The van der Waals surface area contributed by atoms with Crippen LogP contribution in [0.25, 0.3) is 0 Å². The molecule has 1 aliphatic heterocycles. The van der Waals surface area contributed by atoms with Crippen molar-refractivity contribution in [1.29, 1.82) is 0 Å². The van der Waals surface area contributed by atoms with Crippen LogP contribution in [0.5, 0.6) is 0 Å². The lowest BCUT2D eigenvalue weighted by molar-refractivity contribution is -0.117. The Balaban J connectivity index is 1.77. The zero-order valence-corrected chi connectivity index (χ0v) is 11.9. The fraction of sp³-hybridized carbons (Fsp3) is 0.533. The van der Waals surface area contributed by atoms with Crippen LogP contribution in [-0.4, -0.2) is 44.0 Å². The molecular formula is C15H22FN3O. The second kappa shape index (κ2) is 7.36. The van der Waals surface area contributed by atoms with E-state index in [-0.39, 0.29) is 18.1 Å². The number of nitrogens with zero attached hydrogens (tertiary/aromatic N) is 1. The number of rotatable bonds is 5. The largest absolute Gasteiger partial charge is 0.322 e. The molecule has 0 bridgehead atoms. The Morgan fingerprint density at radius 1 is 1.40 bits per heavy atom. The van der Waals surface area contributed by atoms with E-state index in [0.717, 1.165) is 32.5 Å². The molecule has 1 heterocycles. The van der Waals surface area contributed by atoms with E-state index >= 15 is 0 Å². The highest BCUT2D eigenvalue weighted by atomic mass is 19.1. The van der Waals surface area contributed by atoms with Gasteiger partial charge >= 0.3 is 0 Å². The molecule has 0 aliphatic carbocycles. The summed E-state index contributed by atoms with van der Waals surface area (Å²) in [5.74, 6) is 0.0657. The lowest BCUT2D eigenvalue weighted by atomic mass is 9.98. The molecule has 1 aromatic carbocycles. The third-order valence-electron chi connectivity index (χ3n) is 3.59. The van der Waals surface area contributed by atoms with Crippen LogP contribution in [0.2, 0.25) is 0 Å². The second-order valence-corrected chi connectivity index (χ2v) is 5.42. The molecule has 0 atom stereocenters. The van der Waals surface area contributed by atoms with Crippen LogP contribution < -0.4 is 10.6 Å². The Bertz CT molecular complexity index is 446. The van der Waals surface area contributed by atoms with Crippen molar-refractivity contribution in [3.63, 3.8) is 0 Å². The number of nitrogens with one attached hydrogen (secondary N) is 2. The minimum absolute atomic E-state index is 0.175. The van der Waals surface area contributed by atoms with Crippen molar-refractivity contribution in [2.45, 2.75) is 12.8 Å². The molecule has 4 nitrogen and oxygen atoms in total. The van der Waals surface area contributed by atoms with Crippen molar-refractivity contribution in [1.82, 2.24) is 10.2 Å². The number of amides is 1. The van der Waals surface area contributed by atoms with Gasteiger partial charge in [-0.05, 0) is 51.0 Å². The first-order valence-electron chi connectivity index (χ1n) is 7.09. The monoisotopic (exact) mass is 279 g/mol. The van der Waals surface area contributed by atoms with Gasteiger partial charge in [-0.15, -0.1) is 0 Å². The van der Waals surface area contributed by atoms with Crippen LogP contribution in [0.15, 0.2) is 24.3 Å². The van der Waals surface area contributed by atoms with Crippen LogP contribution >= 0.6 is 0 Å². The minimum Gasteiger partial charge on any atom is -0.322 e. The van der Waals surface area contributed by atoms with Crippen molar-refractivity contribution in [3.05, 3.63) is 30.1 Å². The van der Waals surface area contributed by atoms with Gasteiger partial charge in [0.05, 0.1) is 12.2 Å². The van der Waals surface area contributed by atoms with Gasteiger partial charge in [0.2, 0.25) is 5.91 Å². The number of halogens is 1. The Morgan fingerprint density at radius 2 is 2.10 bits per heavy atom. The van der Waals surface area contributed by atoms with E-state index in [4.69, 9.17) is 0 Å². The first kappa shape index (κ1) is 14.9. The van der Waals surface area contributed by atoms with E-state index in [2.05, 4.69) is 10.6 Å². The normalized spacial score (nSPS) is 16.4. The van der Waals surface area contributed by atoms with E-state index in [0.29, 0.717) is 5.92 Å². The fourth-order valence-corrected chi connectivity index (χ4v) is 2.57. The molecule has 1 aromatic rings.